The van der Waals surface area contributed by atoms with E-state index in [0.29, 0.717) is 39.6 Å². The Bertz CT molecular complexity index is 1330. The molecule has 0 atom stereocenters. The maximum atomic E-state index is 12.6. The van der Waals surface area contributed by atoms with Crippen molar-refractivity contribution in [1.82, 2.24) is 15.2 Å². The van der Waals surface area contributed by atoms with Gasteiger partial charge in [0.05, 0.1) is 19.7 Å². The van der Waals surface area contributed by atoms with E-state index < -0.39 is 17.2 Å². The van der Waals surface area contributed by atoms with Crippen LogP contribution in [-0.2, 0) is 6.18 Å². The molecule has 2 amide bonds. The zero-order valence-electron chi connectivity index (χ0n) is 17.6. The predicted octanol–water partition coefficient (Wildman–Crippen LogP) is 5.56. The Morgan fingerprint density at radius 2 is 1.65 bits per heavy atom. The van der Waals surface area contributed by atoms with E-state index in [4.69, 9.17) is 14.2 Å². The van der Waals surface area contributed by atoms with Crippen molar-refractivity contribution in [2.24, 2.45) is 0 Å². The second-order valence-electron chi connectivity index (χ2n) is 6.65. The molecule has 2 aromatic carbocycles. The Hall–Kier alpha value is -4.13. The van der Waals surface area contributed by atoms with Gasteiger partial charge >= 0.3 is 12.2 Å². The van der Waals surface area contributed by atoms with E-state index in [-0.39, 0.29) is 16.5 Å². The van der Waals surface area contributed by atoms with Crippen molar-refractivity contribution in [2.45, 2.75) is 6.18 Å². The van der Waals surface area contributed by atoms with E-state index in [9.17, 15) is 18.0 Å². The van der Waals surface area contributed by atoms with Crippen LogP contribution in [0.5, 0.6) is 23.0 Å². The first kappa shape index (κ1) is 23.0. The zero-order valence-corrected chi connectivity index (χ0v) is 18.5. The number of hydrogen-bond acceptors (Lipinski definition) is 8. The number of amides is 2. The number of halogens is 3. The number of alkyl halides is 3. The fourth-order valence-electron chi connectivity index (χ4n) is 2.92. The lowest BCUT2D eigenvalue weighted by Gasteiger charge is -2.12. The largest absolute Gasteiger partial charge is 0.493 e. The lowest BCUT2D eigenvalue weighted by molar-refractivity contribution is -0.138. The smallest absolute Gasteiger partial charge is 0.445 e. The normalized spacial score (nSPS) is 11.2. The molecule has 2 N–H and O–H groups in total. The number of fused-ring (bicyclic) bond motifs is 1. The number of nitrogens with zero attached hydrogens (tertiary/aromatic N) is 3. The van der Waals surface area contributed by atoms with E-state index >= 15 is 0 Å². The fraction of sp³-hybridized carbons (Fsp3) is 0.143. The molecule has 0 unspecified atom stereocenters. The minimum absolute atomic E-state index is 0.227. The van der Waals surface area contributed by atoms with Gasteiger partial charge in [0, 0.05) is 23.3 Å². The van der Waals surface area contributed by atoms with Crippen LogP contribution in [0.25, 0.3) is 10.9 Å². The molecule has 2 aromatic heterocycles. The second-order valence-corrected chi connectivity index (χ2v) is 7.63. The Labute approximate surface area is 194 Å². The Kier molecular flexibility index (Phi) is 6.36. The number of methoxy groups -OCH3 is 2. The van der Waals surface area contributed by atoms with E-state index in [1.165, 1.54) is 14.2 Å². The summed E-state index contributed by atoms with van der Waals surface area (Å²) >= 11 is 0.227. The maximum Gasteiger partial charge on any atom is 0.445 e. The molecule has 176 valence electrons. The molecule has 0 spiro atoms. The molecule has 0 aliphatic heterocycles. The molecule has 0 bridgehead atoms. The number of aromatic nitrogens is 3. The molecule has 9 nitrogen and oxygen atoms in total. The SMILES string of the molecule is COc1cc2nccc(Oc3ccc(NC(=O)Nc4nnc(C(F)(F)F)s4)cc3)c2cc1OC. The van der Waals surface area contributed by atoms with Crippen LogP contribution in [0, 0.1) is 0 Å². The molecular weight excluding hydrogens is 475 g/mol. The van der Waals surface area contributed by atoms with Gasteiger partial charge < -0.3 is 19.5 Å². The van der Waals surface area contributed by atoms with Crippen molar-refractivity contribution in [3.05, 3.63) is 53.7 Å². The molecule has 0 saturated heterocycles. The van der Waals surface area contributed by atoms with Crippen molar-refractivity contribution in [3.63, 3.8) is 0 Å². The van der Waals surface area contributed by atoms with Crippen molar-refractivity contribution < 1.29 is 32.2 Å². The van der Waals surface area contributed by atoms with Gasteiger partial charge in [0.1, 0.15) is 11.5 Å². The Balaban J connectivity index is 1.44. The highest BCUT2D eigenvalue weighted by atomic mass is 32.1. The quantitative estimate of drug-likeness (QED) is 0.364. The average molecular weight is 491 g/mol. The van der Waals surface area contributed by atoms with Crippen molar-refractivity contribution in [3.8, 4) is 23.0 Å². The van der Waals surface area contributed by atoms with E-state index in [0.717, 1.165) is 0 Å². The van der Waals surface area contributed by atoms with Crippen LogP contribution >= 0.6 is 11.3 Å². The minimum atomic E-state index is -4.62. The summed E-state index contributed by atoms with van der Waals surface area (Å²) in [5, 5.41) is 10.3. The third-order valence-electron chi connectivity index (χ3n) is 4.43. The first-order chi connectivity index (χ1) is 16.3. The van der Waals surface area contributed by atoms with Crippen molar-refractivity contribution in [2.75, 3.05) is 24.9 Å². The van der Waals surface area contributed by atoms with Crippen LogP contribution in [0.2, 0.25) is 0 Å². The van der Waals surface area contributed by atoms with Gasteiger partial charge in [0.15, 0.2) is 11.5 Å². The summed E-state index contributed by atoms with van der Waals surface area (Å²) in [6.45, 7) is 0. The number of carbonyl (C=O) groups is 1. The van der Waals surface area contributed by atoms with E-state index in [2.05, 4.69) is 25.8 Å². The number of pyridine rings is 1. The van der Waals surface area contributed by atoms with Crippen molar-refractivity contribution >= 4 is 39.1 Å². The number of nitrogens with one attached hydrogen (secondary N) is 2. The van der Waals surface area contributed by atoms with Gasteiger partial charge in [0.25, 0.3) is 0 Å². The standard InChI is InChI=1S/C21H16F3N5O4S/c1-31-16-9-13-14(10-17(16)32-2)25-8-7-15(13)33-12-5-3-11(4-6-12)26-19(30)27-20-29-28-18(34-20)21(22,23)24/h3-10H,1-2H3,(H2,26,27,29,30). The molecule has 0 fully saturated rings. The van der Waals surface area contributed by atoms with Crippen LogP contribution in [0.15, 0.2) is 48.7 Å². The number of benzene rings is 2. The third kappa shape index (κ3) is 5.09. The Morgan fingerprint density at radius 3 is 2.29 bits per heavy atom. The molecule has 2 heterocycles. The molecule has 4 aromatic rings. The summed E-state index contributed by atoms with van der Waals surface area (Å²) in [4.78, 5) is 16.4. The first-order valence-corrected chi connectivity index (χ1v) is 10.4. The van der Waals surface area contributed by atoms with Gasteiger partial charge in [0.2, 0.25) is 10.1 Å². The molecule has 0 aliphatic rings. The van der Waals surface area contributed by atoms with Crippen LogP contribution in [0.3, 0.4) is 0 Å². The monoisotopic (exact) mass is 491 g/mol. The first-order valence-electron chi connectivity index (χ1n) is 9.54. The van der Waals surface area contributed by atoms with Gasteiger partial charge in [-0.05, 0) is 36.4 Å². The number of rotatable bonds is 6. The van der Waals surface area contributed by atoms with Crippen LogP contribution in [-0.4, -0.2) is 35.4 Å². The molecule has 13 heteroatoms. The van der Waals surface area contributed by atoms with Gasteiger partial charge in [-0.2, -0.15) is 13.2 Å². The van der Waals surface area contributed by atoms with Gasteiger partial charge in [-0.1, -0.05) is 11.3 Å². The molecule has 34 heavy (non-hydrogen) atoms. The lowest BCUT2D eigenvalue weighted by atomic mass is 10.2. The topological polar surface area (TPSA) is 107 Å². The number of hydrogen-bond donors (Lipinski definition) is 2. The minimum Gasteiger partial charge on any atom is -0.493 e. The Morgan fingerprint density at radius 1 is 0.941 bits per heavy atom. The summed E-state index contributed by atoms with van der Waals surface area (Å²) in [7, 11) is 3.07. The highest BCUT2D eigenvalue weighted by Gasteiger charge is 2.35. The second kappa shape index (κ2) is 9.39. The highest BCUT2D eigenvalue weighted by Crippen LogP contribution is 2.37. The van der Waals surface area contributed by atoms with Crippen LogP contribution < -0.4 is 24.8 Å². The third-order valence-corrected chi connectivity index (χ3v) is 5.32. The highest BCUT2D eigenvalue weighted by molar-refractivity contribution is 7.15. The van der Waals surface area contributed by atoms with Crippen LogP contribution in [0.1, 0.15) is 5.01 Å². The molecule has 4 rings (SSSR count). The van der Waals surface area contributed by atoms with Gasteiger partial charge in [-0.15, -0.1) is 10.2 Å². The average Bonchev–Trinajstić information content (AvgIpc) is 3.28. The fourth-order valence-corrected chi connectivity index (χ4v) is 3.52. The molecule has 0 aliphatic carbocycles. The predicted molar refractivity (Wildman–Crippen MR) is 119 cm³/mol. The van der Waals surface area contributed by atoms with E-state index in [1.54, 1.807) is 48.7 Å². The van der Waals surface area contributed by atoms with E-state index in [1.807, 2.05) is 0 Å². The number of carbonyl (C=O) groups excluding carboxylic acids is 1. The lowest BCUT2D eigenvalue weighted by Crippen LogP contribution is -2.19. The summed E-state index contributed by atoms with van der Waals surface area (Å²) < 4.78 is 54.4. The molecule has 0 saturated carbocycles. The van der Waals surface area contributed by atoms with Crippen molar-refractivity contribution in [1.29, 1.82) is 0 Å². The van der Waals surface area contributed by atoms with Gasteiger partial charge in [-0.25, -0.2) is 4.79 Å². The zero-order chi connectivity index (χ0) is 24.3. The summed E-state index contributed by atoms with van der Waals surface area (Å²) in [6, 6.07) is 10.8. The number of urea groups is 1. The van der Waals surface area contributed by atoms with Gasteiger partial charge in [-0.3, -0.25) is 10.3 Å². The maximum absolute atomic E-state index is 12.6. The summed E-state index contributed by atoms with van der Waals surface area (Å²) in [5.74, 6) is 2.07. The number of anilines is 2. The molecule has 0 radical (unpaired) electrons. The van der Waals surface area contributed by atoms with Crippen LogP contribution in [0.4, 0.5) is 28.8 Å². The number of ether oxygens (including phenoxy) is 3. The molecular formula is C21H16F3N5O4S. The summed E-state index contributed by atoms with van der Waals surface area (Å²) in [5.41, 5.74) is 1.03. The summed E-state index contributed by atoms with van der Waals surface area (Å²) in [6.07, 6.45) is -3.03.